The minimum atomic E-state index is 0.483. The number of nitrogens with zero attached hydrogens (tertiary/aromatic N) is 1. The standard InChI is InChI=1S/C16H19NS/c1-13(14-7-5-4-6-8-14)18-16-11-9-15(10-12-16)17(2)3/h4-13H,1-3H3. The lowest BCUT2D eigenvalue weighted by atomic mass is 10.2. The smallest absolute Gasteiger partial charge is 0.0361 e. The van der Waals surface area contributed by atoms with Gasteiger partial charge >= 0.3 is 0 Å². The molecule has 2 heteroatoms. The Hall–Kier alpha value is -1.41. The van der Waals surface area contributed by atoms with Crippen LogP contribution in [0.1, 0.15) is 17.7 Å². The van der Waals surface area contributed by atoms with Gasteiger partial charge in [-0.1, -0.05) is 30.3 Å². The van der Waals surface area contributed by atoms with Gasteiger partial charge in [0.05, 0.1) is 0 Å². The number of rotatable bonds is 4. The molecule has 2 rings (SSSR count). The van der Waals surface area contributed by atoms with Crippen LogP contribution in [0.3, 0.4) is 0 Å². The second kappa shape index (κ2) is 5.96. The maximum atomic E-state index is 2.25. The summed E-state index contributed by atoms with van der Waals surface area (Å²) in [6, 6.07) is 19.4. The molecule has 0 heterocycles. The fourth-order valence-electron chi connectivity index (χ4n) is 1.82. The summed E-state index contributed by atoms with van der Waals surface area (Å²) in [5.41, 5.74) is 2.62. The molecular weight excluding hydrogens is 238 g/mol. The Morgan fingerprint density at radius 3 is 2.06 bits per heavy atom. The summed E-state index contributed by atoms with van der Waals surface area (Å²) in [7, 11) is 4.13. The molecule has 18 heavy (non-hydrogen) atoms. The van der Waals surface area contributed by atoms with Crippen molar-refractivity contribution in [3.05, 3.63) is 60.2 Å². The molecule has 0 aromatic heterocycles. The van der Waals surface area contributed by atoms with Crippen LogP contribution in [0.2, 0.25) is 0 Å². The number of anilines is 1. The molecule has 94 valence electrons. The second-order valence-electron chi connectivity index (χ2n) is 4.56. The van der Waals surface area contributed by atoms with E-state index in [4.69, 9.17) is 0 Å². The van der Waals surface area contributed by atoms with Gasteiger partial charge in [-0.25, -0.2) is 0 Å². The number of benzene rings is 2. The highest BCUT2D eigenvalue weighted by molar-refractivity contribution is 7.99. The average molecular weight is 257 g/mol. The lowest BCUT2D eigenvalue weighted by Gasteiger charge is -2.14. The Labute approximate surface area is 114 Å². The van der Waals surface area contributed by atoms with Crippen LogP contribution >= 0.6 is 11.8 Å². The first-order chi connectivity index (χ1) is 8.66. The number of thioether (sulfide) groups is 1. The van der Waals surface area contributed by atoms with E-state index in [-0.39, 0.29) is 0 Å². The summed E-state index contributed by atoms with van der Waals surface area (Å²) < 4.78 is 0. The largest absolute Gasteiger partial charge is 0.378 e. The van der Waals surface area contributed by atoms with Gasteiger partial charge in [-0.2, -0.15) is 0 Å². The normalized spacial score (nSPS) is 12.2. The second-order valence-corrected chi connectivity index (χ2v) is 5.97. The van der Waals surface area contributed by atoms with Crippen molar-refractivity contribution in [3.8, 4) is 0 Å². The van der Waals surface area contributed by atoms with Gasteiger partial charge in [0.15, 0.2) is 0 Å². The maximum Gasteiger partial charge on any atom is 0.0361 e. The zero-order chi connectivity index (χ0) is 13.0. The summed E-state index contributed by atoms with van der Waals surface area (Å²) in [6.45, 7) is 2.25. The topological polar surface area (TPSA) is 3.24 Å². The van der Waals surface area contributed by atoms with Crippen molar-refractivity contribution < 1.29 is 0 Å². The SMILES string of the molecule is CC(Sc1ccc(N(C)C)cc1)c1ccccc1. The van der Waals surface area contributed by atoms with Crippen LogP contribution in [0.15, 0.2) is 59.5 Å². The van der Waals surface area contributed by atoms with E-state index in [0.717, 1.165) is 0 Å². The van der Waals surface area contributed by atoms with Crippen molar-refractivity contribution in [1.29, 1.82) is 0 Å². The van der Waals surface area contributed by atoms with Crippen molar-refractivity contribution in [2.45, 2.75) is 17.1 Å². The zero-order valence-electron chi connectivity index (χ0n) is 11.1. The third-order valence-electron chi connectivity index (χ3n) is 2.93. The third kappa shape index (κ3) is 3.30. The summed E-state index contributed by atoms with van der Waals surface area (Å²) >= 11 is 1.90. The first-order valence-corrected chi connectivity index (χ1v) is 7.04. The van der Waals surface area contributed by atoms with E-state index in [9.17, 15) is 0 Å². The molecule has 0 saturated carbocycles. The fraction of sp³-hybridized carbons (Fsp3) is 0.250. The van der Waals surface area contributed by atoms with Gasteiger partial charge in [-0.3, -0.25) is 0 Å². The van der Waals surface area contributed by atoms with Crippen LogP contribution in [0.25, 0.3) is 0 Å². The zero-order valence-corrected chi connectivity index (χ0v) is 11.9. The fourth-order valence-corrected chi connectivity index (χ4v) is 2.81. The Balaban J connectivity index is 2.05. The third-order valence-corrected chi connectivity index (χ3v) is 4.11. The van der Waals surface area contributed by atoms with Crippen LogP contribution < -0.4 is 4.90 Å². The van der Waals surface area contributed by atoms with Crippen LogP contribution in [0.5, 0.6) is 0 Å². The van der Waals surface area contributed by atoms with Gasteiger partial charge in [0.2, 0.25) is 0 Å². The van der Waals surface area contributed by atoms with Crippen LogP contribution in [-0.2, 0) is 0 Å². The van der Waals surface area contributed by atoms with E-state index in [1.165, 1.54) is 16.1 Å². The summed E-state index contributed by atoms with van der Waals surface area (Å²) in [6.07, 6.45) is 0. The summed E-state index contributed by atoms with van der Waals surface area (Å²) in [4.78, 5) is 3.44. The molecule has 0 radical (unpaired) electrons. The first-order valence-electron chi connectivity index (χ1n) is 6.16. The van der Waals surface area contributed by atoms with Crippen LogP contribution in [0, 0.1) is 0 Å². The minimum Gasteiger partial charge on any atom is -0.378 e. The molecule has 0 aliphatic carbocycles. The predicted molar refractivity (Wildman–Crippen MR) is 81.5 cm³/mol. The molecule has 2 aromatic carbocycles. The van der Waals surface area contributed by atoms with Crippen molar-refractivity contribution in [2.24, 2.45) is 0 Å². The van der Waals surface area contributed by atoms with Gasteiger partial charge in [-0.15, -0.1) is 11.8 Å². The molecule has 2 aromatic rings. The minimum absolute atomic E-state index is 0.483. The van der Waals surface area contributed by atoms with Crippen molar-refractivity contribution >= 4 is 17.4 Å². The Morgan fingerprint density at radius 2 is 1.50 bits per heavy atom. The van der Waals surface area contributed by atoms with Crippen molar-refractivity contribution in [2.75, 3.05) is 19.0 Å². The monoisotopic (exact) mass is 257 g/mol. The number of hydrogen-bond acceptors (Lipinski definition) is 2. The Kier molecular flexibility index (Phi) is 4.32. The molecular formula is C16H19NS. The average Bonchev–Trinajstić information content (AvgIpc) is 2.40. The molecule has 0 bridgehead atoms. The molecule has 0 spiro atoms. The summed E-state index contributed by atoms with van der Waals surface area (Å²) in [5, 5.41) is 0.483. The van der Waals surface area contributed by atoms with Crippen LogP contribution in [-0.4, -0.2) is 14.1 Å². The summed E-state index contributed by atoms with van der Waals surface area (Å²) in [5.74, 6) is 0. The molecule has 0 aliphatic rings. The Bertz CT molecular complexity index is 476. The molecule has 0 N–H and O–H groups in total. The molecule has 0 aliphatic heterocycles. The molecule has 0 fully saturated rings. The maximum absolute atomic E-state index is 2.25. The van der Waals surface area contributed by atoms with Gasteiger partial charge in [-0.05, 0) is 36.8 Å². The molecule has 1 atom stereocenters. The van der Waals surface area contributed by atoms with Gasteiger partial charge < -0.3 is 4.90 Å². The highest BCUT2D eigenvalue weighted by Crippen LogP contribution is 2.35. The molecule has 1 unspecified atom stereocenters. The van der Waals surface area contributed by atoms with Crippen LogP contribution in [0.4, 0.5) is 5.69 Å². The Morgan fingerprint density at radius 1 is 0.889 bits per heavy atom. The molecule has 0 saturated heterocycles. The van der Waals surface area contributed by atoms with Gasteiger partial charge in [0.25, 0.3) is 0 Å². The van der Waals surface area contributed by atoms with Crippen molar-refractivity contribution in [3.63, 3.8) is 0 Å². The van der Waals surface area contributed by atoms with Gasteiger partial charge in [0.1, 0.15) is 0 Å². The molecule has 1 nitrogen and oxygen atoms in total. The van der Waals surface area contributed by atoms with Crippen molar-refractivity contribution in [1.82, 2.24) is 0 Å². The van der Waals surface area contributed by atoms with E-state index >= 15 is 0 Å². The van der Waals surface area contributed by atoms with E-state index in [1.54, 1.807) is 0 Å². The number of hydrogen-bond donors (Lipinski definition) is 0. The van der Waals surface area contributed by atoms with Gasteiger partial charge in [0, 0.05) is 29.9 Å². The highest BCUT2D eigenvalue weighted by atomic mass is 32.2. The molecule has 0 amide bonds. The highest BCUT2D eigenvalue weighted by Gasteiger charge is 2.06. The van der Waals surface area contributed by atoms with E-state index in [1.807, 2.05) is 11.8 Å². The quantitative estimate of drug-likeness (QED) is 0.736. The first kappa shape index (κ1) is 13.0. The van der Waals surface area contributed by atoms with E-state index in [2.05, 4.69) is 80.5 Å². The van der Waals surface area contributed by atoms with E-state index < -0.39 is 0 Å². The lowest BCUT2D eigenvalue weighted by molar-refractivity contribution is 1.09. The van der Waals surface area contributed by atoms with E-state index in [0.29, 0.717) is 5.25 Å². The lowest BCUT2D eigenvalue weighted by Crippen LogP contribution is -2.07. The predicted octanol–water partition coefficient (Wildman–Crippen LogP) is 4.61.